The Bertz CT molecular complexity index is 317. The van der Waals surface area contributed by atoms with Crippen LogP contribution in [0.4, 0.5) is 0 Å². The minimum absolute atomic E-state index is 0.127. The molecule has 0 saturated heterocycles. The molecule has 0 aromatic rings. The molecule has 3 heteroatoms. The highest BCUT2D eigenvalue weighted by Gasteiger charge is 2.27. The summed E-state index contributed by atoms with van der Waals surface area (Å²) in [5.41, 5.74) is 6.10. The van der Waals surface area contributed by atoms with Gasteiger partial charge >= 0.3 is 0 Å². The van der Waals surface area contributed by atoms with Gasteiger partial charge < -0.3 is 11.1 Å². The molecule has 1 amide bonds. The summed E-state index contributed by atoms with van der Waals surface area (Å²) in [4.78, 5) is 12.1. The van der Waals surface area contributed by atoms with E-state index in [1.165, 1.54) is 12.8 Å². The summed E-state index contributed by atoms with van der Waals surface area (Å²) >= 11 is 0. The van der Waals surface area contributed by atoms with Gasteiger partial charge in [-0.15, -0.1) is 0 Å². The molecule has 1 fully saturated rings. The Kier molecular flexibility index (Phi) is 6.06. The number of hydrogen-bond acceptors (Lipinski definition) is 2. The lowest BCUT2D eigenvalue weighted by Crippen LogP contribution is -2.45. The molecule has 0 heterocycles. The maximum atomic E-state index is 12.1. The van der Waals surface area contributed by atoms with E-state index < -0.39 is 0 Å². The highest BCUT2D eigenvalue weighted by atomic mass is 16.1. The summed E-state index contributed by atoms with van der Waals surface area (Å²) < 4.78 is 0. The molecule has 0 aromatic heterocycles. The average molecular weight is 282 g/mol. The quantitative estimate of drug-likeness (QED) is 0.809. The number of carbonyl (C=O) groups is 1. The van der Waals surface area contributed by atoms with E-state index in [1.54, 1.807) is 0 Å². The van der Waals surface area contributed by atoms with E-state index in [1.807, 2.05) is 0 Å². The summed E-state index contributed by atoms with van der Waals surface area (Å²) in [6, 6.07) is 0.356. The first-order chi connectivity index (χ1) is 9.07. The van der Waals surface area contributed by atoms with E-state index in [9.17, 15) is 4.79 Å². The fourth-order valence-corrected chi connectivity index (χ4v) is 3.74. The smallest absolute Gasteiger partial charge is 0.220 e. The van der Waals surface area contributed by atoms with E-state index in [0.29, 0.717) is 18.4 Å². The molecule has 3 nitrogen and oxygen atoms in total. The van der Waals surface area contributed by atoms with Crippen LogP contribution >= 0.6 is 0 Å². The maximum Gasteiger partial charge on any atom is 0.220 e. The predicted octanol–water partition coefficient (Wildman–Crippen LogP) is 3.62. The van der Waals surface area contributed by atoms with Crippen molar-refractivity contribution in [3.8, 4) is 0 Å². The van der Waals surface area contributed by atoms with Crippen LogP contribution < -0.4 is 11.1 Å². The zero-order chi connectivity index (χ0) is 15.4. The fraction of sp³-hybridized carbons (Fsp3) is 0.941. The molecule has 0 bridgehead atoms. The van der Waals surface area contributed by atoms with Crippen molar-refractivity contribution in [2.24, 2.45) is 17.1 Å². The Morgan fingerprint density at radius 2 is 1.85 bits per heavy atom. The van der Waals surface area contributed by atoms with Gasteiger partial charge in [0.15, 0.2) is 0 Å². The molecule has 1 aliphatic carbocycles. The molecular weight excluding hydrogens is 248 g/mol. The number of rotatable bonds is 5. The average Bonchev–Trinajstić information content (AvgIpc) is 2.22. The minimum atomic E-state index is -0.127. The third-order valence-electron chi connectivity index (χ3n) is 4.05. The van der Waals surface area contributed by atoms with Crippen LogP contribution in [0.2, 0.25) is 0 Å². The Labute approximate surface area is 125 Å². The first kappa shape index (κ1) is 17.5. The Morgan fingerprint density at radius 3 is 2.40 bits per heavy atom. The van der Waals surface area contributed by atoms with Crippen molar-refractivity contribution in [3.05, 3.63) is 0 Å². The van der Waals surface area contributed by atoms with Crippen molar-refractivity contribution < 1.29 is 4.79 Å². The van der Waals surface area contributed by atoms with Crippen molar-refractivity contribution in [3.63, 3.8) is 0 Å². The van der Waals surface area contributed by atoms with Crippen LogP contribution in [-0.4, -0.2) is 17.5 Å². The maximum absolute atomic E-state index is 12.1. The Hall–Kier alpha value is -0.570. The molecule has 0 radical (unpaired) electrons. The number of nitrogens with one attached hydrogen (secondary N) is 1. The minimum Gasteiger partial charge on any atom is -0.351 e. The monoisotopic (exact) mass is 282 g/mol. The number of amides is 1. The molecular formula is C17H34N2O. The standard InChI is InChI=1S/C17H34N2O/c1-16(2,3)12-17(4,5)19-15(20)10-9-13-7-6-8-14(18)11-13/h13-14H,6-12,18H2,1-5H3,(H,19,20). The largest absolute Gasteiger partial charge is 0.351 e. The first-order valence-electron chi connectivity index (χ1n) is 8.14. The van der Waals surface area contributed by atoms with Crippen LogP contribution in [0, 0.1) is 11.3 Å². The summed E-state index contributed by atoms with van der Waals surface area (Å²) in [7, 11) is 0. The number of hydrogen-bond donors (Lipinski definition) is 2. The zero-order valence-electron chi connectivity index (χ0n) is 14.1. The molecule has 3 N–H and O–H groups in total. The molecule has 0 spiro atoms. The first-order valence-corrected chi connectivity index (χ1v) is 8.14. The molecule has 0 aliphatic heterocycles. The van der Waals surface area contributed by atoms with Gasteiger partial charge in [-0.3, -0.25) is 4.79 Å². The van der Waals surface area contributed by atoms with E-state index in [-0.39, 0.29) is 16.9 Å². The van der Waals surface area contributed by atoms with Gasteiger partial charge in [-0.05, 0) is 50.9 Å². The van der Waals surface area contributed by atoms with Crippen molar-refractivity contribution in [1.29, 1.82) is 0 Å². The van der Waals surface area contributed by atoms with Gasteiger partial charge in [0, 0.05) is 18.0 Å². The zero-order valence-corrected chi connectivity index (χ0v) is 14.1. The lowest BCUT2D eigenvalue weighted by molar-refractivity contribution is -0.123. The molecule has 1 aliphatic rings. The lowest BCUT2D eigenvalue weighted by atomic mass is 9.81. The van der Waals surface area contributed by atoms with E-state index in [4.69, 9.17) is 5.73 Å². The van der Waals surface area contributed by atoms with Crippen LogP contribution in [0.5, 0.6) is 0 Å². The van der Waals surface area contributed by atoms with Crippen molar-refractivity contribution in [1.82, 2.24) is 5.32 Å². The van der Waals surface area contributed by atoms with E-state index >= 15 is 0 Å². The highest BCUT2D eigenvalue weighted by Crippen LogP contribution is 2.28. The molecule has 1 rings (SSSR count). The number of nitrogens with two attached hydrogens (primary N) is 1. The van der Waals surface area contributed by atoms with Crippen LogP contribution in [0.1, 0.15) is 79.6 Å². The van der Waals surface area contributed by atoms with Crippen LogP contribution in [-0.2, 0) is 4.79 Å². The second kappa shape index (κ2) is 6.93. The fourth-order valence-electron chi connectivity index (χ4n) is 3.74. The molecule has 0 aromatic carbocycles. The van der Waals surface area contributed by atoms with E-state index in [0.717, 1.165) is 25.7 Å². The van der Waals surface area contributed by atoms with Gasteiger partial charge in [-0.2, -0.15) is 0 Å². The van der Waals surface area contributed by atoms with Gasteiger partial charge in [0.05, 0.1) is 0 Å². The predicted molar refractivity (Wildman–Crippen MR) is 85.5 cm³/mol. The van der Waals surface area contributed by atoms with Crippen molar-refractivity contribution in [2.45, 2.75) is 91.1 Å². The molecule has 2 unspecified atom stereocenters. The third-order valence-corrected chi connectivity index (χ3v) is 4.05. The van der Waals surface area contributed by atoms with Gasteiger partial charge in [0.25, 0.3) is 0 Å². The van der Waals surface area contributed by atoms with Crippen molar-refractivity contribution in [2.75, 3.05) is 0 Å². The summed E-state index contributed by atoms with van der Waals surface area (Å²) in [6.45, 7) is 10.9. The molecule has 1 saturated carbocycles. The Balaban J connectivity index is 2.32. The third kappa shape index (κ3) is 7.28. The molecule has 118 valence electrons. The Morgan fingerprint density at radius 1 is 1.20 bits per heavy atom. The molecule has 2 atom stereocenters. The highest BCUT2D eigenvalue weighted by molar-refractivity contribution is 5.76. The summed E-state index contributed by atoms with van der Waals surface area (Å²) in [6.07, 6.45) is 7.34. The second-order valence-corrected chi connectivity index (χ2v) is 8.50. The summed E-state index contributed by atoms with van der Waals surface area (Å²) in [5, 5.41) is 3.19. The summed E-state index contributed by atoms with van der Waals surface area (Å²) in [5.74, 6) is 0.841. The van der Waals surface area contributed by atoms with Crippen molar-refractivity contribution >= 4 is 5.91 Å². The van der Waals surface area contributed by atoms with Gasteiger partial charge in [-0.1, -0.05) is 33.6 Å². The lowest BCUT2D eigenvalue weighted by Gasteiger charge is -2.33. The van der Waals surface area contributed by atoms with Crippen LogP contribution in [0.15, 0.2) is 0 Å². The topological polar surface area (TPSA) is 55.1 Å². The van der Waals surface area contributed by atoms with Gasteiger partial charge in [0.1, 0.15) is 0 Å². The normalized spacial score (nSPS) is 24.5. The van der Waals surface area contributed by atoms with Crippen LogP contribution in [0.25, 0.3) is 0 Å². The van der Waals surface area contributed by atoms with Gasteiger partial charge in [-0.25, -0.2) is 0 Å². The van der Waals surface area contributed by atoms with E-state index in [2.05, 4.69) is 39.9 Å². The van der Waals surface area contributed by atoms with Crippen LogP contribution in [0.3, 0.4) is 0 Å². The second-order valence-electron chi connectivity index (χ2n) is 8.50. The molecule has 20 heavy (non-hydrogen) atoms. The van der Waals surface area contributed by atoms with Gasteiger partial charge in [0.2, 0.25) is 5.91 Å². The SMILES string of the molecule is CC(C)(C)CC(C)(C)NC(=O)CCC1CCCC(N)C1. The number of carbonyl (C=O) groups excluding carboxylic acids is 1.